The molecule has 0 aliphatic carbocycles. The molecule has 6 unspecified atom stereocenters. The van der Waals surface area contributed by atoms with Gasteiger partial charge in [0.05, 0.1) is 60.7 Å². The Morgan fingerprint density at radius 3 is 1.65 bits per heavy atom. The molecule has 7 rings (SSSR count). The van der Waals surface area contributed by atoms with E-state index in [4.69, 9.17) is 18.9 Å². The Labute approximate surface area is 356 Å². The summed E-state index contributed by atoms with van der Waals surface area (Å²) in [6.45, 7) is 20.3. The topological polar surface area (TPSA) is 161 Å². The number of nitrogens with zero attached hydrogens (tertiary/aromatic N) is 2. The molecule has 13 nitrogen and oxygen atoms in total. The Hall–Kier alpha value is -4.43. The quantitative estimate of drug-likeness (QED) is 0.259. The number of hydrogen-bond acceptors (Lipinski definition) is 11. The highest BCUT2D eigenvalue weighted by Crippen LogP contribution is 2.43. The van der Waals surface area contributed by atoms with E-state index in [2.05, 4.69) is 25.7 Å². The van der Waals surface area contributed by atoms with Crippen LogP contribution in [0.3, 0.4) is 0 Å². The third-order valence-electron chi connectivity index (χ3n) is 11.8. The molecule has 5 aliphatic heterocycles. The number of ketones is 3. The molecule has 0 spiro atoms. The standard InChI is InChI=1S/2C18H23NO4.C10H17NO2.CH4/c1-12(20)16-14-9-18(2,3)23-15(14)10-19(16)17(21)22-11-13-7-5-4-6-8-13;1-12(2)9-15-16(21)10-19(17(15)13(3)20)18(22)23-11-14-7-5-4-6-8-14;1-6(12)9-7-4-10(2,3)13-8(7)5-11-9;/h4-8,14-16H,9-11H2,1-3H3;4-8,15-17,21H,1,9-11H2,2-3H3;7-9,11H,4-5H2,1-3H3;1H4/t14-,15?,16?;15?,16-,17?;7-,8?,9?;/m000./s1. The summed E-state index contributed by atoms with van der Waals surface area (Å²) in [5.74, 6) is 0.224. The first kappa shape index (κ1) is 48.2. The number of carbonyl (C=O) groups excluding carboxylic acids is 5. The van der Waals surface area contributed by atoms with Crippen LogP contribution in [0.2, 0.25) is 0 Å². The number of likely N-dealkylation sites (tertiary alicyclic amines) is 2. The number of Topliss-reactive ketones (excluding diaryl/α,β-unsaturated/α-hetero) is 3. The van der Waals surface area contributed by atoms with Crippen molar-refractivity contribution in [2.75, 3.05) is 19.6 Å². The zero-order valence-corrected chi connectivity index (χ0v) is 35.8. The van der Waals surface area contributed by atoms with Gasteiger partial charge in [-0.3, -0.25) is 24.2 Å². The maximum atomic E-state index is 12.4. The van der Waals surface area contributed by atoms with Gasteiger partial charge in [0.15, 0.2) is 11.6 Å². The molecule has 2 N–H and O–H groups in total. The average Bonchev–Trinajstić information content (AvgIpc) is 3.94. The lowest BCUT2D eigenvalue weighted by molar-refractivity contribution is -0.122. The fourth-order valence-corrected chi connectivity index (χ4v) is 9.44. The molecule has 0 bridgehead atoms. The minimum atomic E-state index is -0.745. The molecule has 5 fully saturated rings. The zero-order chi connectivity index (χ0) is 43.2. The molecule has 0 saturated carbocycles. The van der Waals surface area contributed by atoms with Crippen molar-refractivity contribution < 1.29 is 48.0 Å². The number of benzene rings is 2. The molecular formula is C47H67N3O10. The number of β-amino-alcohol motifs (C(OH)–C–C–N with tert-alkyl or cyclic N) is 1. The predicted molar refractivity (Wildman–Crippen MR) is 228 cm³/mol. The number of aliphatic hydroxyl groups is 1. The molecule has 0 radical (unpaired) electrons. The van der Waals surface area contributed by atoms with Gasteiger partial charge in [0.1, 0.15) is 19.0 Å². The van der Waals surface area contributed by atoms with E-state index in [1.165, 1.54) is 23.6 Å². The summed E-state index contributed by atoms with van der Waals surface area (Å²) in [5, 5.41) is 13.4. The normalized spacial score (nSPS) is 29.1. The fourth-order valence-electron chi connectivity index (χ4n) is 9.44. The van der Waals surface area contributed by atoms with Gasteiger partial charge in [0.25, 0.3) is 0 Å². The smallest absolute Gasteiger partial charge is 0.410 e. The maximum Gasteiger partial charge on any atom is 0.410 e. The molecule has 13 heteroatoms. The molecule has 0 aromatic heterocycles. The molecule has 330 valence electrons. The van der Waals surface area contributed by atoms with Crippen molar-refractivity contribution >= 4 is 29.5 Å². The Kier molecular flexibility index (Phi) is 16.4. The van der Waals surface area contributed by atoms with Crippen molar-refractivity contribution in [3.63, 3.8) is 0 Å². The van der Waals surface area contributed by atoms with Crippen LogP contribution in [0, 0.1) is 17.8 Å². The van der Waals surface area contributed by atoms with E-state index in [0.717, 1.165) is 36.1 Å². The van der Waals surface area contributed by atoms with E-state index >= 15 is 0 Å². The Morgan fingerprint density at radius 1 is 0.717 bits per heavy atom. The molecule has 5 heterocycles. The second-order valence-corrected chi connectivity index (χ2v) is 18.0. The van der Waals surface area contributed by atoms with Gasteiger partial charge >= 0.3 is 12.2 Å². The number of carbonyl (C=O) groups is 5. The van der Waals surface area contributed by atoms with Crippen molar-refractivity contribution in [3.05, 3.63) is 83.9 Å². The van der Waals surface area contributed by atoms with Crippen LogP contribution in [0.4, 0.5) is 9.59 Å². The van der Waals surface area contributed by atoms with Crippen LogP contribution >= 0.6 is 0 Å². The van der Waals surface area contributed by atoms with Gasteiger partial charge in [-0.2, -0.15) is 0 Å². The van der Waals surface area contributed by atoms with E-state index in [9.17, 15) is 29.1 Å². The second kappa shape index (κ2) is 20.4. The molecule has 5 saturated heterocycles. The number of fused-ring (bicyclic) bond motifs is 2. The average molecular weight is 834 g/mol. The van der Waals surface area contributed by atoms with Crippen LogP contribution in [0.15, 0.2) is 72.8 Å². The number of amides is 2. The van der Waals surface area contributed by atoms with Crippen LogP contribution in [-0.4, -0.2) is 112 Å². The van der Waals surface area contributed by atoms with Gasteiger partial charge in [-0.1, -0.05) is 73.7 Å². The van der Waals surface area contributed by atoms with E-state index in [1.807, 2.05) is 81.4 Å². The fraction of sp³-hybridized carbons (Fsp3) is 0.596. The largest absolute Gasteiger partial charge is 0.445 e. The number of rotatable bonds is 9. The van der Waals surface area contributed by atoms with Crippen LogP contribution in [0.25, 0.3) is 0 Å². The Balaban J connectivity index is 0.000000204. The lowest BCUT2D eigenvalue weighted by Gasteiger charge is -2.27. The van der Waals surface area contributed by atoms with E-state index in [-0.39, 0.29) is 85.8 Å². The van der Waals surface area contributed by atoms with E-state index < -0.39 is 30.4 Å². The monoisotopic (exact) mass is 833 g/mol. The number of hydrogen-bond donors (Lipinski definition) is 2. The third kappa shape index (κ3) is 12.1. The van der Waals surface area contributed by atoms with Crippen molar-refractivity contribution in [2.45, 2.75) is 143 Å². The van der Waals surface area contributed by atoms with Crippen molar-refractivity contribution in [2.24, 2.45) is 17.8 Å². The predicted octanol–water partition coefficient (Wildman–Crippen LogP) is 6.69. The van der Waals surface area contributed by atoms with Crippen LogP contribution < -0.4 is 5.32 Å². The number of ether oxygens (including phenoxy) is 4. The summed E-state index contributed by atoms with van der Waals surface area (Å²) in [6.07, 6.45) is 0.701. The Bertz CT molecular complexity index is 1820. The lowest BCUT2D eigenvalue weighted by atomic mass is 9.89. The summed E-state index contributed by atoms with van der Waals surface area (Å²) >= 11 is 0. The summed E-state index contributed by atoms with van der Waals surface area (Å²) in [7, 11) is 0. The number of allylic oxidation sites excluding steroid dienone is 1. The summed E-state index contributed by atoms with van der Waals surface area (Å²) < 4.78 is 22.5. The van der Waals surface area contributed by atoms with Gasteiger partial charge in [0, 0.05) is 24.3 Å². The third-order valence-corrected chi connectivity index (χ3v) is 11.8. The van der Waals surface area contributed by atoms with Crippen LogP contribution in [0.1, 0.15) is 93.2 Å². The van der Waals surface area contributed by atoms with E-state index in [1.54, 1.807) is 6.92 Å². The molecular weight excluding hydrogens is 767 g/mol. The van der Waals surface area contributed by atoms with Crippen LogP contribution in [-0.2, 0) is 46.5 Å². The molecule has 9 atom stereocenters. The summed E-state index contributed by atoms with van der Waals surface area (Å²) in [5.41, 5.74) is 2.41. The summed E-state index contributed by atoms with van der Waals surface area (Å²) in [6, 6.07) is 17.8. The maximum absolute atomic E-state index is 12.4. The number of aliphatic hydroxyl groups excluding tert-OH is 1. The van der Waals surface area contributed by atoms with Gasteiger partial charge < -0.3 is 29.4 Å². The Morgan fingerprint density at radius 2 is 1.18 bits per heavy atom. The lowest BCUT2D eigenvalue weighted by Crippen LogP contribution is -2.43. The van der Waals surface area contributed by atoms with Gasteiger partial charge in [-0.15, -0.1) is 6.58 Å². The van der Waals surface area contributed by atoms with Crippen molar-refractivity contribution in [1.82, 2.24) is 15.1 Å². The zero-order valence-electron chi connectivity index (χ0n) is 35.8. The summed E-state index contributed by atoms with van der Waals surface area (Å²) in [4.78, 5) is 63.0. The van der Waals surface area contributed by atoms with E-state index in [0.29, 0.717) is 18.9 Å². The SMILES string of the molecule is C.C=C(C)CC1C(C(C)=O)N(C(=O)OCc2ccccc2)C[C@@H]1O.CC(=O)C1NCC2OC(C)(C)C[C@@H]21.CC(=O)C1[C@H]2CC(C)(C)OC2CN1C(=O)OCc1ccccc1. The van der Waals surface area contributed by atoms with Crippen molar-refractivity contribution in [1.29, 1.82) is 0 Å². The highest BCUT2D eigenvalue weighted by molar-refractivity contribution is 5.87. The highest BCUT2D eigenvalue weighted by Gasteiger charge is 2.55. The van der Waals surface area contributed by atoms with Gasteiger partial charge in [-0.05, 0) is 85.8 Å². The minimum absolute atomic E-state index is 0. The highest BCUT2D eigenvalue weighted by atomic mass is 16.6. The first-order valence-electron chi connectivity index (χ1n) is 20.6. The van der Waals surface area contributed by atoms with Crippen LogP contribution in [0.5, 0.6) is 0 Å². The van der Waals surface area contributed by atoms with Gasteiger partial charge in [0.2, 0.25) is 0 Å². The first-order valence-corrected chi connectivity index (χ1v) is 20.6. The first-order chi connectivity index (χ1) is 27.8. The molecule has 2 aromatic rings. The number of nitrogens with one attached hydrogen (secondary N) is 1. The molecule has 2 aromatic carbocycles. The van der Waals surface area contributed by atoms with Crippen molar-refractivity contribution in [3.8, 4) is 0 Å². The molecule has 60 heavy (non-hydrogen) atoms. The second-order valence-electron chi connectivity index (χ2n) is 18.0. The minimum Gasteiger partial charge on any atom is -0.445 e. The molecule has 5 aliphatic rings. The molecule has 2 amide bonds. The van der Waals surface area contributed by atoms with Gasteiger partial charge in [-0.25, -0.2) is 9.59 Å².